The van der Waals surface area contributed by atoms with E-state index in [1.165, 1.54) is 17.7 Å². The largest absolute Gasteiger partial charge is 0.480 e. The molecule has 1 aliphatic heterocycles. The molecule has 0 unspecified atom stereocenters. The van der Waals surface area contributed by atoms with E-state index in [0.717, 1.165) is 40.7 Å². The molecular weight excluding hydrogens is 344 g/mol. The molecule has 1 amide bonds. The Hall–Kier alpha value is -3.16. The fraction of sp³-hybridized carbons (Fsp3) is 0.368. The normalized spacial score (nSPS) is 16.4. The third kappa shape index (κ3) is 2.87. The Labute approximate surface area is 156 Å². The number of likely N-dealkylation sites (N-methyl/N-ethyl adjacent to an activating group) is 1. The summed E-state index contributed by atoms with van der Waals surface area (Å²) in [7, 11) is 1.70. The van der Waals surface area contributed by atoms with Crippen LogP contribution in [0.5, 0.6) is 5.75 Å². The lowest BCUT2D eigenvalue weighted by atomic mass is 10.3. The van der Waals surface area contributed by atoms with E-state index in [1.807, 2.05) is 25.4 Å². The van der Waals surface area contributed by atoms with Gasteiger partial charge in [-0.25, -0.2) is 15.0 Å². The van der Waals surface area contributed by atoms with E-state index in [2.05, 4.69) is 24.8 Å². The van der Waals surface area contributed by atoms with Crippen molar-refractivity contribution in [2.24, 2.45) is 5.92 Å². The summed E-state index contributed by atoms with van der Waals surface area (Å²) in [5.41, 5.74) is 3.67. The van der Waals surface area contributed by atoms with Crippen molar-refractivity contribution in [3.8, 4) is 5.75 Å². The lowest BCUT2D eigenvalue weighted by molar-refractivity contribution is -0.121. The van der Waals surface area contributed by atoms with Gasteiger partial charge in [-0.15, -0.1) is 0 Å². The van der Waals surface area contributed by atoms with Crippen LogP contribution in [-0.2, 0) is 11.3 Å². The van der Waals surface area contributed by atoms with Gasteiger partial charge >= 0.3 is 0 Å². The third-order valence-corrected chi connectivity index (χ3v) is 5.08. The first kappa shape index (κ1) is 16.0. The molecule has 8 nitrogen and oxygen atoms in total. The van der Waals surface area contributed by atoms with Crippen molar-refractivity contribution < 1.29 is 9.53 Å². The Morgan fingerprint density at radius 2 is 2.15 bits per heavy atom. The Kier molecular flexibility index (Phi) is 3.53. The molecule has 1 saturated carbocycles. The lowest BCUT2D eigenvalue weighted by Crippen LogP contribution is -2.36. The minimum absolute atomic E-state index is 0.0261. The molecule has 1 N–H and O–H groups in total. The van der Waals surface area contributed by atoms with Crippen LogP contribution in [0.15, 0.2) is 24.7 Å². The van der Waals surface area contributed by atoms with Gasteiger partial charge in [0.1, 0.15) is 11.3 Å². The number of hydrogen-bond donors (Lipinski definition) is 1. The Morgan fingerprint density at radius 3 is 2.96 bits per heavy atom. The number of fused-ring (bicyclic) bond motifs is 2. The van der Waals surface area contributed by atoms with Gasteiger partial charge in [0.15, 0.2) is 18.2 Å². The fourth-order valence-electron chi connectivity index (χ4n) is 3.37. The van der Waals surface area contributed by atoms with Crippen LogP contribution in [0.4, 0.5) is 17.3 Å². The lowest BCUT2D eigenvalue weighted by Gasteiger charge is -2.24. The molecule has 0 saturated heterocycles. The first-order valence-electron chi connectivity index (χ1n) is 9.07. The van der Waals surface area contributed by atoms with Gasteiger partial charge in [0.25, 0.3) is 5.91 Å². The van der Waals surface area contributed by atoms with Crippen molar-refractivity contribution >= 4 is 34.3 Å². The molecule has 2 aliphatic rings. The molecular formula is C19H20N6O2. The topological polar surface area (TPSA) is 85.2 Å². The Balaban J connectivity index is 1.46. The zero-order valence-electron chi connectivity index (χ0n) is 15.3. The fourth-order valence-corrected chi connectivity index (χ4v) is 3.37. The van der Waals surface area contributed by atoms with E-state index in [9.17, 15) is 4.79 Å². The number of aryl methyl sites for hydroxylation is 1. The van der Waals surface area contributed by atoms with Gasteiger partial charge in [-0.1, -0.05) is 0 Å². The van der Waals surface area contributed by atoms with Crippen molar-refractivity contribution in [1.29, 1.82) is 0 Å². The van der Waals surface area contributed by atoms with Crippen molar-refractivity contribution in [2.45, 2.75) is 26.3 Å². The van der Waals surface area contributed by atoms with Gasteiger partial charge in [-0.2, -0.15) is 0 Å². The van der Waals surface area contributed by atoms with E-state index in [-0.39, 0.29) is 12.5 Å². The average molecular weight is 364 g/mol. The number of pyridine rings is 2. The van der Waals surface area contributed by atoms with Crippen LogP contribution < -0.4 is 15.0 Å². The van der Waals surface area contributed by atoms with Gasteiger partial charge < -0.3 is 14.6 Å². The smallest absolute Gasteiger partial charge is 0.265 e. The van der Waals surface area contributed by atoms with Crippen molar-refractivity contribution in [2.75, 3.05) is 23.9 Å². The summed E-state index contributed by atoms with van der Waals surface area (Å²) in [5.74, 6) is 2.51. The number of aromatic nitrogens is 4. The number of carbonyl (C=O) groups excluding carboxylic acids is 1. The highest BCUT2D eigenvalue weighted by Crippen LogP contribution is 2.34. The summed E-state index contributed by atoms with van der Waals surface area (Å²) in [6, 6.07) is 3.86. The predicted octanol–water partition coefficient (Wildman–Crippen LogP) is 2.64. The molecule has 0 bridgehead atoms. The van der Waals surface area contributed by atoms with Crippen LogP contribution in [0, 0.1) is 12.8 Å². The minimum atomic E-state index is -0.109. The Morgan fingerprint density at radius 1 is 1.30 bits per heavy atom. The molecule has 4 heterocycles. The number of carbonyl (C=O) groups is 1. The number of ether oxygens (including phenoxy) is 1. The number of nitrogens with zero attached hydrogens (tertiary/aromatic N) is 5. The molecule has 3 aromatic rings. The molecule has 138 valence electrons. The first-order chi connectivity index (χ1) is 13.1. The average Bonchev–Trinajstić information content (AvgIpc) is 3.38. The second-order valence-corrected chi connectivity index (χ2v) is 7.21. The number of hydrogen-bond acceptors (Lipinski definition) is 6. The van der Waals surface area contributed by atoms with Crippen LogP contribution >= 0.6 is 0 Å². The maximum absolute atomic E-state index is 11.7. The second-order valence-electron chi connectivity index (χ2n) is 7.21. The highest BCUT2D eigenvalue weighted by Gasteiger charge is 2.24. The summed E-state index contributed by atoms with van der Waals surface area (Å²) in [6.45, 7) is 3.00. The molecule has 8 heteroatoms. The zero-order chi connectivity index (χ0) is 18.5. The molecule has 5 rings (SSSR count). The zero-order valence-corrected chi connectivity index (χ0v) is 15.3. The second kappa shape index (κ2) is 5.94. The molecule has 3 aromatic heterocycles. The monoisotopic (exact) mass is 364 g/mol. The van der Waals surface area contributed by atoms with E-state index in [1.54, 1.807) is 13.2 Å². The minimum Gasteiger partial charge on any atom is -0.480 e. The summed E-state index contributed by atoms with van der Waals surface area (Å²) < 4.78 is 7.72. The standard InChI is InChI=1S/C19H20N6O2/c1-11-18-14(25(10-21-18)8-12-3-4-12)6-16(22-11)23-13-5-15-19(20-7-13)24(2)17(26)9-27-15/h5-7,10,12H,3-4,8-9H2,1-2H3,(H,22,23). The predicted molar refractivity (Wildman–Crippen MR) is 101 cm³/mol. The Bertz CT molecular complexity index is 1060. The van der Waals surface area contributed by atoms with Crippen LogP contribution in [0.1, 0.15) is 18.5 Å². The number of nitrogens with one attached hydrogen (secondary N) is 1. The number of imidazole rings is 1. The number of anilines is 3. The molecule has 0 spiro atoms. The molecule has 1 aliphatic carbocycles. The van der Waals surface area contributed by atoms with E-state index in [4.69, 9.17) is 4.74 Å². The van der Waals surface area contributed by atoms with Crippen molar-refractivity contribution in [3.63, 3.8) is 0 Å². The molecule has 0 aromatic carbocycles. The van der Waals surface area contributed by atoms with Crippen LogP contribution in [0.2, 0.25) is 0 Å². The third-order valence-electron chi connectivity index (χ3n) is 5.08. The van der Waals surface area contributed by atoms with E-state index < -0.39 is 0 Å². The molecule has 1 fully saturated rings. The van der Waals surface area contributed by atoms with E-state index in [0.29, 0.717) is 11.6 Å². The van der Waals surface area contributed by atoms with Gasteiger partial charge in [0, 0.05) is 25.7 Å². The summed E-state index contributed by atoms with van der Waals surface area (Å²) >= 11 is 0. The quantitative estimate of drug-likeness (QED) is 0.766. The maximum Gasteiger partial charge on any atom is 0.265 e. The van der Waals surface area contributed by atoms with Crippen molar-refractivity contribution in [1.82, 2.24) is 19.5 Å². The molecule has 27 heavy (non-hydrogen) atoms. The highest BCUT2D eigenvalue weighted by atomic mass is 16.5. The van der Waals surface area contributed by atoms with E-state index >= 15 is 0 Å². The van der Waals surface area contributed by atoms with Gasteiger partial charge in [0.2, 0.25) is 0 Å². The first-order valence-corrected chi connectivity index (χ1v) is 9.07. The van der Waals surface area contributed by atoms with Crippen molar-refractivity contribution in [3.05, 3.63) is 30.4 Å². The summed E-state index contributed by atoms with van der Waals surface area (Å²) in [4.78, 5) is 26.7. The molecule has 0 radical (unpaired) electrons. The summed E-state index contributed by atoms with van der Waals surface area (Å²) in [6.07, 6.45) is 6.18. The molecule has 0 atom stereocenters. The number of rotatable bonds is 4. The van der Waals surface area contributed by atoms with Crippen LogP contribution in [-0.4, -0.2) is 39.1 Å². The SMILES string of the molecule is Cc1nc(Nc2cnc3c(c2)OCC(=O)N3C)cc2c1ncn2CC1CC1. The summed E-state index contributed by atoms with van der Waals surface area (Å²) in [5, 5.41) is 3.30. The highest BCUT2D eigenvalue weighted by molar-refractivity contribution is 5.96. The van der Waals surface area contributed by atoms with Crippen LogP contribution in [0.3, 0.4) is 0 Å². The van der Waals surface area contributed by atoms with Gasteiger partial charge in [-0.05, 0) is 25.7 Å². The maximum atomic E-state index is 11.7. The van der Waals surface area contributed by atoms with Crippen LogP contribution in [0.25, 0.3) is 11.0 Å². The van der Waals surface area contributed by atoms with Gasteiger partial charge in [0.05, 0.1) is 29.4 Å². The number of amides is 1. The van der Waals surface area contributed by atoms with Gasteiger partial charge in [-0.3, -0.25) is 9.69 Å².